The maximum absolute atomic E-state index is 12.4. The summed E-state index contributed by atoms with van der Waals surface area (Å²) in [6.45, 7) is 6.53. The van der Waals surface area contributed by atoms with E-state index >= 15 is 0 Å². The summed E-state index contributed by atoms with van der Waals surface area (Å²) >= 11 is 0. The van der Waals surface area contributed by atoms with Crippen molar-refractivity contribution in [1.82, 2.24) is 15.1 Å². The molecule has 0 bridgehead atoms. The van der Waals surface area contributed by atoms with E-state index in [0.29, 0.717) is 23.8 Å². The second kappa shape index (κ2) is 5.63. The van der Waals surface area contributed by atoms with Gasteiger partial charge in [0, 0.05) is 12.6 Å². The molecular formula is C14H24N4O. The predicted octanol–water partition coefficient (Wildman–Crippen LogP) is 2.10. The molecule has 1 aromatic heterocycles. The van der Waals surface area contributed by atoms with Gasteiger partial charge in [-0.25, -0.2) is 0 Å². The lowest BCUT2D eigenvalue weighted by Gasteiger charge is -2.20. The standard InChI is InChI=1S/C14H24N4O/c1-4-18-13(12(15)10(3)17-18)14(19)16-9(2)11-7-5-6-8-11/h9,11H,4-8,15H2,1-3H3,(H,16,19). The molecule has 1 aliphatic carbocycles. The first-order valence-corrected chi connectivity index (χ1v) is 7.18. The number of hydrogen-bond donors (Lipinski definition) is 2. The number of nitrogen functional groups attached to an aromatic ring is 1. The topological polar surface area (TPSA) is 72.9 Å². The van der Waals surface area contributed by atoms with Crippen molar-refractivity contribution in [3.8, 4) is 0 Å². The van der Waals surface area contributed by atoms with Crippen molar-refractivity contribution in [3.05, 3.63) is 11.4 Å². The van der Waals surface area contributed by atoms with Crippen molar-refractivity contribution in [3.63, 3.8) is 0 Å². The zero-order valence-corrected chi connectivity index (χ0v) is 12.1. The highest BCUT2D eigenvalue weighted by Gasteiger charge is 2.25. The number of nitrogens with zero attached hydrogens (tertiary/aromatic N) is 2. The highest BCUT2D eigenvalue weighted by atomic mass is 16.2. The Kier molecular flexibility index (Phi) is 4.12. The molecule has 3 N–H and O–H groups in total. The number of hydrogen-bond acceptors (Lipinski definition) is 3. The number of aromatic nitrogens is 2. The highest BCUT2D eigenvalue weighted by Crippen LogP contribution is 2.28. The SMILES string of the molecule is CCn1nc(C)c(N)c1C(=O)NC(C)C1CCCC1. The van der Waals surface area contributed by atoms with Gasteiger partial charge in [0.1, 0.15) is 5.69 Å². The van der Waals surface area contributed by atoms with Crippen LogP contribution >= 0.6 is 0 Å². The molecule has 0 aliphatic heterocycles. The first kappa shape index (κ1) is 13.9. The van der Waals surface area contributed by atoms with Gasteiger partial charge in [0.15, 0.2) is 0 Å². The van der Waals surface area contributed by atoms with E-state index in [1.54, 1.807) is 4.68 Å². The summed E-state index contributed by atoms with van der Waals surface area (Å²) in [7, 11) is 0. The molecule has 0 spiro atoms. The van der Waals surface area contributed by atoms with Gasteiger partial charge < -0.3 is 11.1 Å². The van der Waals surface area contributed by atoms with Crippen LogP contribution in [0.1, 0.15) is 55.7 Å². The number of aryl methyl sites for hydroxylation is 2. The molecule has 0 saturated heterocycles. The van der Waals surface area contributed by atoms with Crippen LogP contribution in [-0.4, -0.2) is 21.7 Å². The van der Waals surface area contributed by atoms with E-state index in [0.717, 1.165) is 5.69 Å². The Morgan fingerprint density at radius 2 is 2.16 bits per heavy atom. The summed E-state index contributed by atoms with van der Waals surface area (Å²) in [6, 6.07) is 0.204. The maximum Gasteiger partial charge on any atom is 0.271 e. The van der Waals surface area contributed by atoms with Crippen LogP contribution in [0.15, 0.2) is 0 Å². The minimum absolute atomic E-state index is 0.0978. The Morgan fingerprint density at radius 1 is 1.53 bits per heavy atom. The number of rotatable bonds is 4. The molecule has 5 nitrogen and oxygen atoms in total. The molecule has 1 aromatic rings. The minimum Gasteiger partial charge on any atom is -0.395 e. The molecule has 0 aromatic carbocycles. The molecule has 19 heavy (non-hydrogen) atoms. The van der Waals surface area contributed by atoms with Crippen LogP contribution in [0.25, 0.3) is 0 Å². The maximum atomic E-state index is 12.4. The average Bonchev–Trinajstić information content (AvgIpc) is 2.98. The van der Waals surface area contributed by atoms with Crippen LogP contribution in [0.3, 0.4) is 0 Å². The number of anilines is 1. The van der Waals surface area contributed by atoms with Gasteiger partial charge >= 0.3 is 0 Å². The predicted molar refractivity (Wildman–Crippen MR) is 75.9 cm³/mol. The van der Waals surface area contributed by atoms with Gasteiger partial charge in [-0.2, -0.15) is 5.10 Å². The molecule has 0 radical (unpaired) electrons. The zero-order chi connectivity index (χ0) is 14.0. The highest BCUT2D eigenvalue weighted by molar-refractivity contribution is 5.98. The van der Waals surface area contributed by atoms with E-state index < -0.39 is 0 Å². The molecule has 2 rings (SSSR count). The number of amides is 1. The first-order chi connectivity index (χ1) is 9.04. The second-order valence-corrected chi connectivity index (χ2v) is 5.47. The monoisotopic (exact) mass is 264 g/mol. The van der Waals surface area contributed by atoms with Gasteiger partial charge in [-0.05, 0) is 39.5 Å². The lowest BCUT2D eigenvalue weighted by molar-refractivity contribution is 0.0917. The van der Waals surface area contributed by atoms with Gasteiger partial charge in [0.05, 0.1) is 11.4 Å². The molecule has 1 fully saturated rings. The van der Waals surface area contributed by atoms with Gasteiger partial charge in [-0.15, -0.1) is 0 Å². The summed E-state index contributed by atoms with van der Waals surface area (Å²) in [5, 5.41) is 7.37. The van der Waals surface area contributed by atoms with E-state index in [4.69, 9.17) is 5.73 Å². The van der Waals surface area contributed by atoms with Crippen LogP contribution in [0, 0.1) is 12.8 Å². The van der Waals surface area contributed by atoms with Crippen LogP contribution in [0.2, 0.25) is 0 Å². The van der Waals surface area contributed by atoms with Crippen LogP contribution < -0.4 is 11.1 Å². The molecular weight excluding hydrogens is 240 g/mol. The van der Waals surface area contributed by atoms with E-state index in [-0.39, 0.29) is 11.9 Å². The summed E-state index contributed by atoms with van der Waals surface area (Å²) in [5.41, 5.74) is 7.69. The quantitative estimate of drug-likeness (QED) is 0.874. The molecule has 1 unspecified atom stereocenters. The van der Waals surface area contributed by atoms with Crippen LogP contribution in [-0.2, 0) is 6.54 Å². The molecule has 1 aliphatic rings. The Bertz CT molecular complexity index is 460. The van der Waals surface area contributed by atoms with Crippen molar-refractivity contribution in [2.45, 2.75) is 59.0 Å². The van der Waals surface area contributed by atoms with E-state index in [1.807, 2.05) is 13.8 Å². The fourth-order valence-corrected chi connectivity index (χ4v) is 2.91. The summed E-state index contributed by atoms with van der Waals surface area (Å²) in [6.07, 6.45) is 4.98. The van der Waals surface area contributed by atoms with E-state index in [2.05, 4.69) is 17.3 Å². The summed E-state index contributed by atoms with van der Waals surface area (Å²) in [4.78, 5) is 12.4. The second-order valence-electron chi connectivity index (χ2n) is 5.47. The van der Waals surface area contributed by atoms with Crippen LogP contribution in [0.5, 0.6) is 0 Å². The van der Waals surface area contributed by atoms with E-state index in [1.165, 1.54) is 25.7 Å². The first-order valence-electron chi connectivity index (χ1n) is 7.18. The lowest BCUT2D eigenvalue weighted by atomic mass is 10.00. The summed E-state index contributed by atoms with van der Waals surface area (Å²) < 4.78 is 1.68. The fraction of sp³-hybridized carbons (Fsp3) is 0.714. The van der Waals surface area contributed by atoms with Crippen LogP contribution in [0.4, 0.5) is 5.69 Å². The molecule has 106 valence electrons. The normalized spacial score (nSPS) is 17.6. The minimum atomic E-state index is -0.0978. The number of carbonyl (C=O) groups is 1. The average molecular weight is 264 g/mol. The van der Waals surface area contributed by atoms with Gasteiger partial charge in [-0.1, -0.05) is 12.8 Å². The number of carbonyl (C=O) groups excluding carboxylic acids is 1. The third kappa shape index (κ3) is 2.74. The Hall–Kier alpha value is -1.52. The molecule has 1 amide bonds. The molecule has 1 saturated carbocycles. The smallest absolute Gasteiger partial charge is 0.271 e. The Morgan fingerprint density at radius 3 is 2.74 bits per heavy atom. The van der Waals surface area contributed by atoms with Crippen molar-refractivity contribution < 1.29 is 4.79 Å². The van der Waals surface area contributed by atoms with Crippen molar-refractivity contribution in [2.24, 2.45) is 5.92 Å². The van der Waals surface area contributed by atoms with Crippen molar-refractivity contribution >= 4 is 11.6 Å². The van der Waals surface area contributed by atoms with Gasteiger partial charge in [0.2, 0.25) is 0 Å². The summed E-state index contributed by atoms with van der Waals surface area (Å²) in [5.74, 6) is 0.503. The largest absolute Gasteiger partial charge is 0.395 e. The molecule has 5 heteroatoms. The van der Waals surface area contributed by atoms with Gasteiger partial charge in [0.25, 0.3) is 5.91 Å². The fourth-order valence-electron chi connectivity index (χ4n) is 2.91. The number of nitrogens with two attached hydrogens (primary N) is 1. The lowest BCUT2D eigenvalue weighted by Crippen LogP contribution is -2.38. The Balaban J connectivity index is 2.11. The third-order valence-corrected chi connectivity index (χ3v) is 4.15. The van der Waals surface area contributed by atoms with Gasteiger partial charge in [-0.3, -0.25) is 9.48 Å². The van der Waals surface area contributed by atoms with E-state index in [9.17, 15) is 4.79 Å². The zero-order valence-electron chi connectivity index (χ0n) is 12.1. The molecule has 1 heterocycles. The molecule has 1 atom stereocenters. The van der Waals surface area contributed by atoms with Crippen molar-refractivity contribution in [2.75, 3.05) is 5.73 Å². The van der Waals surface area contributed by atoms with Crippen molar-refractivity contribution in [1.29, 1.82) is 0 Å². The third-order valence-electron chi connectivity index (χ3n) is 4.15. The Labute approximate surface area is 114 Å². The number of nitrogens with one attached hydrogen (secondary N) is 1.